The second-order valence-corrected chi connectivity index (χ2v) is 2.78. The van der Waals surface area contributed by atoms with E-state index in [1.165, 1.54) is 12.8 Å². The predicted molar refractivity (Wildman–Crippen MR) is 40.7 cm³/mol. The summed E-state index contributed by atoms with van der Waals surface area (Å²) in [4.78, 5) is 2.26. The summed E-state index contributed by atoms with van der Waals surface area (Å²) in [5.74, 6) is 0. The molecule has 0 saturated heterocycles. The summed E-state index contributed by atoms with van der Waals surface area (Å²) in [5.41, 5.74) is 5.40. The Morgan fingerprint density at radius 3 is 2.50 bits per heavy atom. The standard InChI is InChI=1S/C7H16N2O/c8-3-4-9(5-6-10)7-1-2-7/h7,10H,1-6,8H2. The van der Waals surface area contributed by atoms with Crippen LogP contribution in [0.1, 0.15) is 12.8 Å². The number of rotatable bonds is 5. The number of nitrogens with zero attached hydrogens (tertiary/aromatic N) is 1. The van der Waals surface area contributed by atoms with E-state index in [1.54, 1.807) is 0 Å². The fourth-order valence-corrected chi connectivity index (χ4v) is 1.21. The Balaban J connectivity index is 2.13. The largest absolute Gasteiger partial charge is 0.395 e. The van der Waals surface area contributed by atoms with Crippen molar-refractivity contribution in [2.75, 3.05) is 26.2 Å². The van der Waals surface area contributed by atoms with Crippen molar-refractivity contribution in [2.45, 2.75) is 18.9 Å². The minimum absolute atomic E-state index is 0.260. The predicted octanol–water partition coefficient (Wildman–Crippen LogP) is -0.598. The lowest BCUT2D eigenvalue weighted by atomic mass is 10.4. The van der Waals surface area contributed by atoms with Crippen molar-refractivity contribution in [3.63, 3.8) is 0 Å². The lowest BCUT2D eigenvalue weighted by Crippen LogP contribution is -2.33. The third-order valence-electron chi connectivity index (χ3n) is 1.87. The molecule has 3 N–H and O–H groups in total. The Labute approximate surface area is 61.8 Å². The van der Waals surface area contributed by atoms with Gasteiger partial charge in [0.15, 0.2) is 0 Å². The summed E-state index contributed by atoms with van der Waals surface area (Å²) in [6.45, 7) is 2.69. The molecule has 0 aliphatic heterocycles. The Morgan fingerprint density at radius 2 is 2.10 bits per heavy atom. The molecule has 60 valence electrons. The molecule has 1 aliphatic carbocycles. The zero-order valence-corrected chi connectivity index (χ0v) is 6.29. The molecule has 0 amide bonds. The molecule has 0 heterocycles. The van der Waals surface area contributed by atoms with Gasteiger partial charge in [0.05, 0.1) is 6.61 Å². The molecule has 1 rings (SSSR count). The van der Waals surface area contributed by atoms with E-state index in [4.69, 9.17) is 10.8 Å². The van der Waals surface area contributed by atoms with Crippen LogP contribution < -0.4 is 5.73 Å². The zero-order chi connectivity index (χ0) is 7.40. The third-order valence-corrected chi connectivity index (χ3v) is 1.87. The zero-order valence-electron chi connectivity index (χ0n) is 6.29. The molecule has 1 aliphatic rings. The molecule has 0 aromatic heterocycles. The quantitative estimate of drug-likeness (QED) is 0.542. The van der Waals surface area contributed by atoms with Gasteiger partial charge in [0.25, 0.3) is 0 Å². The van der Waals surface area contributed by atoms with Crippen LogP contribution in [0.5, 0.6) is 0 Å². The molecule has 0 atom stereocenters. The fraction of sp³-hybridized carbons (Fsp3) is 1.00. The van der Waals surface area contributed by atoms with Crippen LogP contribution in [0.3, 0.4) is 0 Å². The molecule has 10 heavy (non-hydrogen) atoms. The first-order valence-corrected chi connectivity index (χ1v) is 3.93. The smallest absolute Gasteiger partial charge is 0.0558 e. The van der Waals surface area contributed by atoms with Gasteiger partial charge in [0, 0.05) is 25.7 Å². The first-order chi connectivity index (χ1) is 4.88. The van der Waals surface area contributed by atoms with E-state index < -0.39 is 0 Å². The number of nitrogens with two attached hydrogens (primary N) is 1. The summed E-state index contributed by atoms with van der Waals surface area (Å²) >= 11 is 0. The maximum atomic E-state index is 8.66. The highest BCUT2D eigenvalue weighted by Crippen LogP contribution is 2.25. The second kappa shape index (κ2) is 3.91. The molecule has 0 radical (unpaired) electrons. The van der Waals surface area contributed by atoms with Crippen molar-refractivity contribution in [3.8, 4) is 0 Å². The molecule has 0 unspecified atom stereocenters. The van der Waals surface area contributed by atoms with Gasteiger partial charge in [0.1, 0.15) is 0 Å². The van der Waals surface area contributed by atoms with Crippen LogP contribution in [-0.2, 0) is 0 Å². The Hall–Kier alpha value is -0.120. The molecule has 0 aromatic carbocycles. The van der Waals surface area contributed by atoms with Gasteiger partial charge in [-0.25, -0.2) is 0 Å². The maximum Gasteiger partial charge on any atom is 0.0558 e. The number of hydrogen-bond acceptors (Lipinski definition) is 3. The second-order valence-electron chi connectivity index (χ2n) is 2.78. The normalized spacial score (nSPS) is 18.3. The van der Waals surface area contributed by atoms with Gasteiger partial charge in [0.2, 0.25) is 0 Å². The average molecular weight is 144 g/mol. The summed E-state index contributed by atoms with van der Waals surface area (Å²) in [7, 11) is 0. The molecule has 0 bridgehead atoms. The highest BCUT2D eigenvalue weighted by atomic mass is 16.3. The monoisotopic (exact) mass is 144 g/mol. The molecule has 1 saturated carbocycles. The van der Waals surface area contributed by atoms with Gasteiger partial charge >= 0.3 is 0 Å². The van der Waals surface area contributed by atoms with Crippen LogP contribution in [0.15, 0.2) is 0 Å². The average Bonchev–Trinajstić information content (AvgIpc) is 2.69. The van der Waals surface area contributed by atoms with Crippen LogP contribution in [0.2, 0.25) is 0 Å². The molecule has 1 fully saturated rings. The van der Waals surface area contributed by atoms with E-state index in [9.17, 15) is 0 Å². The van der Waals surface area contributed by atoms with Gasteiger partial charge in [-0.1, -0.05) is 0 Å². The van der Waals surface area contributed by atoms with Crippen molar-refractivity contribution >= 4 is 0 Å². The number of aliphatic hydroxyl groups excluding tert-OH is 1. The van der Waals surface area contributed by atoms with Gasteiger partial charge in [-0.3, -0.25) is 4.90 Å². The van der Waals surface area contributed by atoms with Gasteiger partial charge in [-0.15, -0.1) is 0 Å². The summed E-state index contributed by atoms with van der Waals surface area (Å²) in [6.07, 6.45) is 2.58. The number of aliphatic hydroxyl groups is 1. The maximum absolute atomic E-state index is 8.66. The van der Waals surface area contributed by atoms with Crippen LogP contribution in [0.25, 0.3) is 0 Å². The highest BCUT2D eigenvalue weighted by Gasteiger charge is 2.27. The van der Waals surface area contributed by atoms with Gasteiger partial charge in [-0.2, -0.15) is 0 Å². The summed E-state index contributed by atoms with van der Waals surface area (Å²) in [5, 5.41) is 8.66. The Kier molecular flexibility index (Phi) is 3.12. The Bertz CT molecular complexity index is 87.6. The van der Waals surface area contributed by atoms with Crippen molar-refractivity contribution in [2.24, 2.45) is 5.73 Å². The van der Waals surface area contributed by atoms with Crippen LogP contribution in [-0.4, -0.2) is 42.3 Å². The topological polar surface area (TPSA) is 49.5 Å². The van der Waals surface area contributed by atoms with E-state index in [0.717, 1.165) is 19.1 Å². The van der Waals surface area contributed by atoms with Crippen LogP contribution in [0.4, 0.5) is 0 Å². The fourth-order valence-electron chi connectivity index (χ4n) is 1.21. The molecular weight excluding hydrogens is 128 g/mol. The van der Waals surface area contributed by atoms with E-state index in [-0.39, 0.29) is 6.61 Å². The van der Waals surface area contributed by atoms with E-state index in [2.05, 4.69) is 4.90 Å². The highest BCUT2D eigenvalue weighted by molar-refractivity contribution is 4.84. The van der Waals surface area contributed by atoms with Crippen molar-refractivity contribution in [3.05, 3.63) is 0 Å². The minimum Gasteiger partial charge on any atom is -0.395 e. The van der Waals surface area contributed by atoms with Crippen LogP contribution >= 0.6 is 0 Å². The lowest BCUT2D eigenvalue weighted by Gasteiger charge is -2.18. The van der Waals surface area contributed by atoms with Crippen molar-refractivity contribution in [1.29, 1.82) is 0 Å². The molecule has 0 spiro atoms. The first-order valence-electron chi connectivity index (χ1n) is 3.93. The van der Waals surface area contributed by atoms with E-state index >= 15 is 0 Å². The molecule has 3 heteroatoms. The first kappa shape index (κ1) is 7.98. The summed E-state index contributed by atoms with van der Waals surface area (Å²) in [6, 6.07) is 0.732. The molecule has 3 nitrogen and oxygen atoms in total. The van der Waals surface area contributed by atoms with Crippen molar-refractivity contribution in [1.82, 2.24) is 4.90 Å². The van der Waals surface area contributed by atoms with E-state index in [0.29, 0.717) is 6.54 Å². The number of hydrogen-bond donors (Lipinski definition) is 2. The summed E-state index contributed by atoms with van der Waals surface area (Å²) < 4.78 is 0. The van der Waals surface area contributed by atoms with Gasteiger partial charge in [-0.05, 0) is 12.8 Å². The lowest BCUT2D eigenvalue weighted by molar-refractivity contribution is 0.193. The Morgan fingerprint density at radius 1 is 1.40 bits per heavy atom. The van der Waals surface area contributed by atoms with Crippen molar-refractivity contribution < 1.29 is 5.11 Å². The van der Waals surface area contributed by atoms with Crippen LogP contribution in [0, 0.1) is 0 Å². The minimum atomic E-state index is 0.260. The third kappa shape index (κ3) is 2.25. The van der Waals surface area contributed by atoms with E-state index in [1.807, 2.05) is 0 Å². The molecular formula is C7H16N2O. The SMILES string of the molecule is NCCN(CCO)C1CC1. The van der Waals surface area contributed by atoms with Gasteiger partial charge < -0.3 is 10.8 Å². The molecule has 0 aromatic rings.